The number of amides is 1. The first kappa shape index (κ1) is 19.3. The number of hydrogen-bond donors (Lipinski definition) is 2. The number of aromatic amines is 1. The van der Waals surface area contributed by atoms with E-state index in [0.717, 1.165) is 5.56 Å². The number of sulfone groups is 1. The van der Waals surface area contributed by atoms with Crippen LogP contribution in [0.15, 0.2) is 59.7 Å². The summed E-state index contributed by atoms with van der Waals surface area (Å²) in [5, 5.41) is 3.25. The molecule has 150 valence electrons. The lowest BCUT2D eigenvalue weighted by atomic mass is 10.0. The monoisotopic (exact) mass is 412 g/mol. The normalized spacial score (nSPS) is 17.7. The summed E-state index contributed by atoms with van der Waals surface area (Å²) in [6.07, 6.45) is 1.33. The van der Waals surface area contributed by atoms with Crippen molar-refractivity contribution in [3.63, 3.8) is 0 Å². The van der Waals surface area contributed by atoms with E-state index in [4.69, 9.17) is 0 Å². The fraction of sp³-hybridized carbons (Fsp3) is 0.250. The zero-order valence-corrected chi connectivity index (χ0v) is 16.4. The van der Waals surface area contributed by atoms with Gasteiger partial charge in [-0.15, -0.1) is 0 Å². The molecule has 1 atom stereocenters. The minimum Gasteiger partial charge on any atom is -0.324 e. The van der Waals surface area contributed by atoms with E-state index in [1.54, 1.807) is 18.2 Å². The van der Waals surface area contributed by atoms with Gasteiger partial charge in [-0.25, -0.2) is 13.4 Å². The molecule has 0 radical (unpaired) electrons. The summed E-state index contributed by atoms with van der Waals surface area (Å²) < 4.78 is 23.6. The van der Waals surface area contributed by atoms with Crippen molar-refractivity contribution in [2.75, 3.05) is 29.9 Å². The Labute approximate surface area is 167 Å². The number of rotatable bonds is 4. The molecular formula is C20H20N4O4S. The zero-order chi connectivity index (χ0) is 20.4. The summed E-state index contributed by atoms with van der Waals surface area (Å²) in [6, 6.07) is 13.6. The molecule has 1 amide bonds. The molecule has 1 unspecified atom stereocenters. The molecule has 2 N–H and O–H groups in total. The van der Waals surface area contributed by atoms with Crippen LogP contribution in [0.5, 0.6) is 0 Å². The molecule has 1 saturated heterocycles. The fourth-order valence-corrected chi connectivity index (χ4v) is 4.73. The maximum atomic E-state index is 13.2. The minimum absolute atomic E-state index is 0.0284. The number of hydrogen-bond acceptors (Lipinski definition) is 6. The van der Waals surface area contributed by atoms with Gasteiger partial charge in [0.1, 0.15) is 6.04 Å². The molecule has 1 aliphatic rings. The zero-order valence-electron chi connectivity index (χ0n) is 15.5. The minimum atomic E-state index is -3.06. The van der Waals surface area contributed by atoms with Gasteiger partial charge in [0.05, 0.1) is 28.7 Å². The molecule has 0 bridgehead atoms. The molecule has 0 aliphatic carbocycles. The predicted molar refractivity (Wildman–Crippen MR) is 110 cm³/mol. The van der Waals surface area contributed by atoms with Gasteiger partial charge < -0.3 is 10.3 Å². The molecule has 29 heavy (non-hydrogen) atoms. The third-order valence-corrected chi connectivity index (χ3v) is 6.62. The van der Waals surface area contributed by atoms with E-state index < -0.39 is 15.9 Å². The first-order chi connectivity index (χ1) is 13.9. The van der Waals surface area contributed by atoms with Crippen molar-refractivity contribution in [1.29, 1.82) is 0 Å². The Hall–Kier alpha value is -3.04. The molecule has 9 heteroatoms. The molecule has 0 spiro atoms. The maximum Gasteiger partial charge on any atom is 0.258 e. The summed E-state index contributed by atoms with van der Waals surface area (Å²) in [6.45, 7) is 0.577. The third kappa shape index (κ3) is 4.20. The van der Waals surface area contributed by atoms with E-state index in [1.165, 1.54) is 6.33 Å². The molecule has 8 nitrogen and oxygen atoms in total. The summed E-state index contributed by atoms with van der Waals surface area (Å²) in [5.41, 5.74) is 1.51. The van der Waals surface area contributed by atoms with Crippen molar-refractivity contribution in [3.8, 4) is 0 Å². The number of nitrogens with one attached hydrogen (secondary N) is 2. The van der Waals surface area contributed by atoms with Crippen molar-refractivity contribution in [1.82, 2.24) is 14.9 Å². The van der Waals surface area contributed by atoms with Crippen LogP contribution >= 0.6 is 0 Å². The Morgan fingerprint density at radius 3 is 2.55 bits per heavy atom. The number of fused-ring (bicyclic) bond motifs is 1. The van der Waals surface area contributed by atoms with Crippen LogP contribution in [0.2, 0.25) is 0 Å². The summed E-state index contributed by atoms with van der Waals surface area (Å²) in [7, 11) is -3.06. The summed E-state index contributed by atoms with van der Waals surface area (Å²) >= 11 is 0. The number of benzene rings is 2. The second-order valence-corrected chi connectivity index (χ2v) is 9.26. The number of anilines is 1. The fourth-order valence-electron chi connectivity index (χ4n) is 3.51. The predicted octanol–water partition coefficient (Wildman–Crippen LogP) is 1.33. The number of nitrogens with zero attached hydrogens (tertiary/aromatic N) is 2. The van der Waals surface area contributed by atoms with E-state index in [-0.39, 0.29) is 36.1 Å². The Morgan fingerprint density at radius 2 is 1.83 bits per heavy atom. The average Bonchev–Trinajstić information content (AvgIpc) is 2.71. The van der Waals surface area contributed by atoms with E-state index in [9.17, 15) is 18.0 Å². The van der Waals surface area contributed by atoms with Gasteiger partial charge in [-0.1, -0.05) is 30.3 Å². The molecule has 2 heterocycles. The molecule has 2 aromatic carbocycles. The van der Waals surface area contributed by atoms with Crippen molar-refractivity contribution in [2.45, 2.75) is 6.04 Å². The first-order valence-electron chi connectivity index (χ1n) is 9.21. The van der Waals surface area contributed by atoms with E-state index in [0.29, 0.717) is 16.6 Å². The quantitative estimate of drug-likeness (QED) is 0.669. The Bertz CT molecular complexity index is 1190. The van der Waals surface area contributed by atoms with Gasteiger partial charge in [0.2, 0.25) is 5.91 Å². The Kier molecular flexibility index (Phi) is 5.16. The highest BCUT2D eigenvalue weighted by atomic mass is 32.2. The van der Waals surface area contributed by atoms with Crippen molar-refractivity contribution < 1.29 is 13.2 Å². The molecule has 3 aromatic rings. The van der Waals surface area contributed by atoms with Crippen LogP contribution in [0, 0.1) is 0 Å². The lowest BCUT2D eigenvalue weighted by Crippen LogP contribution is -2.46. The second kappa shape index (κ2) is 7.76. The van der Waals surface area contributed by atoms with Crippen molar-refractivity contribution >= 4 is 32.3 Å². The molecule has 4 rings (SSSR count). The average molecular weight is 412 g/mol. The summed E-state index contributed by atoms with van der Waals surface area (Å²) in [5.74, 6) is -0.225. The first-order valence-corrected chi connectivity index (χ1v) is 11.0. The molecule has 1 aromatic heterocycles. The molecule has 0 saturated carbocycles. The van der Waals surface area contributed by atoms with Crippen LogP contribution < -0.4 is 10.9 Å². The van der Waals surface area contributed by atoms with Crippen molar-refractivity contribution in [2.24, 2.45) is 0 Å². The van der Waals surface area contributed by atoms with Crippen LogP contribution in [0.3, 0.4) is 0 Å². The van der Waals surface area contributed by atoms with Crippen LogP contribution in [0.1, 0.15) is 11.6 Å². The largest absolute Gasteiger partial charge is 0.324 e. The number of H-pyrrole nitrogens is 1. The standard InChI is InChI=1S/C20H20N4O4S/c25-19-16-12-15(6-7-17(16)21-13-22-19)23-20(26)18(14-4-2-1-3-5-14)24-8-10-29(27,28)11-9-24/h1-7,12-13,18H,8-11H2,(H,23,26)(H,21,22,25). The number of aromatic nitrogens is 2. The van der Waals surface area contributed by atoms with Crippen molar-refractivity contribution in [3.05, 3.63) is 70.8 Å². The lowest BCUT2D eigenvalue weighted by Gasteiger charge is -2.33. The van der Waals surface area contributed by atoms with Gasteiger partial charge in [0.15, 0.2) is 9.84 Å². The van der Waals surface area contributed by atoms with Gasteiger partial charge in [-0.05, 0) is 23.8 Å². The van der Waals surface area contributed by atoms with Gasteiger partial charge in [0.25, 0.3) is 5.56 Å². The van der Waals surface area contributed by atoms with Crippen LogP contribution in [0.4, 0.5) is 5.69 Å². The highest BCUT2D eigenvalue weighted by Gasteiger charge is 2.32. The van der Waals surface area contributed by atoms with Gasteiger partial charge in [-0.2, -0.15) is 0 Å². The number of carbonyl (C=O) groups is 1. The van der Waals surface area contributed by atoms with Gasteiger partial charge in [0, 0.05) is 18.8 Å². The topological polar surface area (TPSA) is 112 Å². The van der Waals surface area contributed by atoms with Crippen LogP contribution in [0.25, 0.3) is 10.9 Å². The SMILES string of the molecule is O=C(Nc1ccc2nc[nH]c(=O)c2c1)C(c1ccccc1)N1CCS(=O)(=O)CC1. The lowest BCUT2D eigenvalue weighted by molar-refractivity contribution is -0.121. The Balaban J connectivity index is 1.63. The third-order valence-electron chi connectivity index (χ3n) is 5.02. The highest BCUT2D eigenvalue weighted by Crippen LogP contribution is 2.25. The second-order valence-electron chi connectivity index (χ2n) is 6.95. The van der Waals surface area contributed by atoms with E-state index in [1.807, 2.05) is 35.2 Å². The number of carbonyl (C=O) groups excluding carboxylic acids is 1. The smallest absolute Gasteiger partial charge is 0.258 e. The van der Waals surface area contributed by atoms with E-state index in [2.05, 4.69) is 15.3 Å². The highest BCUT2D eigenvalue weighted by molar-refractivity contribution is 7.91. The van der Waals surface area contributed by atoms with E-state index >= 15 is 0 Å². The van der Waals surface area contributed by atoms with Gasteiger partial charge in [-0.3, -0.25) is 14.5 Å². The van der Waals surface area contributed by atoms with Gasteiger partial charge >= 0.3 is 0 Å². The summed E-state index contributed by atoms with van der Waals surface area (Å²) in [4.78, 5) is 33.7. The van der Waals surface area contributed by atoms with Crippen LogP contribution in [-0.4, -0.2) is 53.8 Å². The molecule has 1 aliphatic heterocycles. The van der Waals surface area contributed by atoms with Crippen LogP contribution in [-0.2, 0) is 14.6 Å². The maximum absolute atomic E-state index is 13.2. The molecular weight excluding hydrogens is 392 g/mol. The molecule has 1 fully saturated rings. The Morgan fingerprint density at radius 1 is 1.10 bits per heavy atom.